The van der Waals surface area contributed by atoms with Crippen LogP contribution >= 0.6 is 0 Å². The van der Waals surface area contributed by atoms with E-state index >= 15 is 0 Å². The highest BCUT2D eigenvalue weighted by Gasteiger charge is 2.21. The minimum Gasteiger partial charge on any atom is -0.493 e. The first-order chi connectivity index (χ1) is 9.22. The second kappa shape index (κ2) is 5.21. The lowest BCUT2D eigenvalue weighted by molar-refractivity contribution is -0.131. The molecule has 2 aliphatic rings. The van der Waals surface area contributed by atoms with Crippen LogP contribution in [0.25, 0.3) is 0 Å². The van der Waals surface area contributed by atoms with Gasteiger partial charge < -0.3 is 15.0 Å². The number of carbonyl (C=O) groups excluding carboxylic acids is 1. The molecule has 1 aromatic carbocycles. The van der Waals surface area contributed by atoms with E-state index in [2.05, 4.69) is 18.3 Å². The van der Waals surface area contributed by atoms with Crippen LogP contribution in [0.2, 0.25) is 0 Å². The Hall–Kier alpha value is -1.55. The Morgan fingerprint density at radius 3 is 3.26 bits per heavy atom. The van der Waals surface area contributed by atoms with Crippen LogP contribution < -0.4 is 10.1 Å². The largest absolute Gasteiger partial charge is 0.493 e. The van der Waals surface area contributed by atoms with Crippen molar-refractivity contribution in [3.63, 3.8) is 0 Å². The van der Waals surface area contributed by atoms with Gasteiger partial charge in [0.25, 0.3) is 0 Å². The van der Waals surface area contributed by atoms with Crippen molar-refractivity contribution in [2.45, 2.75) is 25.8 Å². The number of fused-ring (bicyclic) bond motifs is 1. The molecular formula is C15H20N2O2. The fourth-order valence-corrected chi connectivity index (χ4v) is 2.80. The quantitative estimate of drug-likeness (QED) is 0.862. The number of carbonyl (C=O) groups is 1. The van der Waals surface area contributed by atoms with Gasteiger partial charge >= 0.3 is 0 Å². The second-order valence-electron chi connectivity index (χ2n) is 5.41. The number of hydrogen-bond acceptors (Lipinski definition) is 3. The molecule has 1 unspecified atom stereocenters. The first kappa shape index (κ1) is 12.5. The van der Waals surface area contributed by atoms with Crippen LogP contribution in [0.1, 0.15) is 18.1 Å². The summed E-state index contributed by atoms with van der Waals surface area (Å²) in [7, 11) is 0. The van der Waals surface area contributed by atoms with E-state index in [0.29, 0.717) is 12.5 Å². The highest BCUT2D eigenvalue weighted by molar-refractivity contribution is 5.79. The van der Waals surface area contributed by atoms with Gasteiger partial charge in [0.2, 0.25) is 5.91 Å². The highest BCUT2D eigenvalue weighted by atomic mass is 16.5. The van der Waals surface area contributed by atoms with E-state index < -0.39 is 0 Å². The summed E-state index contributed by atoms with van der Waals surface area (Å²) in [5, 5.41) is 3.35. The minimum atomic E-state index is 0.229. The molecule has 1 aromatic rings. The third kappa shape index (κ3) is 2.73. The Bertz CT molecular complexity index is 487. The molecule has 1 amide bonds. The zero-order valence-corrected chi connectivity index (χ0v) is 11.3. The average Bonchev–Trinajstić information content (AvgIpc) is 2.86. The van der Waals surface area contributed by atoms with Crippen molar-refractivity contribution in [3.8, 4) is 5.75 Å². The van der Waals surface area contributed by atoms with Gasteiger partial charge in [-0.3, -0.25) is 4.79 Å². The van der Waals surface area contributed by atoms with Crippen LogP contribution in [-0.4, -0.2) is 43.1 Å². The van der Waals surface area contributed by atoms with Gasteiger partial charge in [-0.2, -0.15) is 0 Å². The van der Waals surface area contributed by atoms with Crippen LogP contribution in [0.5, 0.6) is 5.75 Å². The van der Waals surface area contributed by atoms with Crippen molar-refractivity contribution < 1.29 is 9.53 Å². The van der Waals surface area contributed by atoms with Crippen molar-refractivity contribution in [1.82, 2.24) is 10.2 Å². The van der Waals surface area contributed by atoms with Crippen molar-refractivity contribution in [1.29, 1.82) is 0 Å². The SMILES string of the molecule is CC1CN(C(=O)Cc2ccc3c(c2)CCO3)CCN1. The molecule has 0 aromatic heterocycles. The highest BCUT2D eigenvalue weighted by Crippen LogP contribution is 2.26. The van der Waals surface area contributed by atoms with Gasteiger partial charge in [-0.25, -0.2) is 0 Å². The first-order valence-corrected chi connectivity index (χ1v) is 6.98. The van der Waals surface area contributed by atoms with Crippen LogP contribution in [0.3, 0.4) is 0 Å². The number of rotatable bonds is 2. The molecule has 102 valence electrons. The van der Waals surface area contributed by atoms with E-state index in [1.54, 1.807) is 0 Å². The second-order valence-corrected chi connectivity index (χ2v) is 5.41. The number of hydrogen-bond donors (Lipinski definition) is 1. The predicted octanol–water partition coefficient (Wildman–Crippen LogP) is 0.984. The minimum absolute atomic E-state index is 0.229. The van der Waals surface area contributed by atoms with Gasteiger partial charge in [0.15, 0.2) is 0 Å². The summed E-state index contributed by atoms with van der Waals surface area (Å²) in [6.45, 7) is 5.41. The van der Waals surface area contributed by atoms with Crippen molar-refractivity contribution in [3.05, 3.63) is 29.3 Å². The summed E-state index contributed by atoms with van der Waals surface area (Å²) in [4.78, 5) is 14.2. The maximum Gasteiger partial charge on any atom is 0.227 e. The Balaban J connectivity index is 1.66. The average molecular weight is 260 g/mol. The molecule has 4 heteroatoms. The van der Waals surface area contributed by atoms with Crippen LogP contribution in [0.15, 0.2) is 18.2 Å². The maximum absolute atomic E-state index is 12.3. The third-order valence-electron chi connectivity index (χ3n) is 3.83. The molecule has 2 heterocycles. The Morgan fingerprint density at radius 2 is 2.42 bits per heavy atom. The van der Waals surface area contributed by atoms with E-state index in [-0.39, 0.29) is 5.91 Å². The van der Waals surface area contributed by atoms with Gasteiger partial charge in [0.05, 0.1) is 13.0 Å². The summed E-state index contributed by atoms with van der Waals surface area (Å²) in [6, 6.07) is 6.51. The summed E-state index contributed by atoms with van der Waals surface area (Å²) < 4.78 is 5.49. The summed E-state index contributed by atoms with van der Waals surface area (Å²) >= 11 is 0. The van der Waals surface area contributed by atoms with E-state index in [4.69, 9.17) is 4.74 Å². The van der Waals surface area contributed by atoms with E-state index in [0.717, 1.165) is 44.0 Å². The molecule has 19 heavy (non-hydrogen) atoms. The number of ether oxygens (including phenoxy) is 1. The normalized spacial score (nSPS) is 21.9. The Morgan fingerprint density at radius 1 is 1.53 bits per heavy atom. The number of piperazine rings is 1. The van der Waals surface area contributed by atoms with Crippen LogP contribution in [0, 0.1) is 0 Å². The molecule has 0 aliphatic carbocycles. The number of benzene rings is 1. The lowest BCUT2D eigenvalue weighted by Crippen LogP contribution is -2.51. The first-order valence-electron chi connectivity index (χ1n) is 6.98. The molecule has 1 saturated heterocycles. The lowest BCUT2D eigenvalue weighted by atomic mass is 10.1. The van der Waals surface area contributed by atoms with Crippen LogP contribution in [0.4, 0.5) is 0 Å². The zero-order valence-electron chi connectivity index (χ0n) is 11.3. The molecule has 1 N–H and O–H groups in total. The fraction of sp³-hybridized carbons (Fsp3) is 0.533. The monoisotopic (exact) mass is 260 g/mol. The number of nitrogens with zero attached hydrogens (tertiary/aromatic N) is 1. The topological polar surface area (TPSA) is 41.6 Å². The van der Waals surface area contributed by atoms with Gasteiger partial charge in [-0.05, 0) is 24.1 Å². The third-order valence-corrected chi connectivity index (χ3v) is 3.83. The summed E-state index contributed by atoms with van der Waals surface area (Å²) in [6.07, 6.45) is 1.46. The van der Waals surface area contributed by atoms with E-state index in [9.17, 15) is 4.79 Å². The number of nitrogens with one attached hydrogen (secondary N) is 1. The summed E-state index contributed by atoms with van der Waals surface area (Å²) in [5.74, 6) is 1.21. The molecular weight excluding hydrogens is 240 g/mol. The van der Waals surface area contributed by atoms with E-state index in [1.807, 2.05) is 17.0 Å². The predicted molar refractivity (Wildman–Crippen MR) is 73.4 cm³/mol. The molecule has 1 fully saturated rings. The van der Waals surface area contributed by atoms with Crippen molar-refractivity contribution in [2.75, 3.05) is 26.2 Å². The van der Waals surface area contributed by atoms with Crippen molar-refractivity contribution in [2.24, 2.45) is 0 Å². The molecule has 0 saturated carbocycles. The van der Waals surface area contributed by atoms with E-state index in [1.165, 1.54) is 5.56 Å². The Kier molecular flexibility index (Phi) is 3.42. The molecule has 0 bridgehead atoms. The van der Waals surface area contributed by atoms with Crippen LogP contribution in [-0.2, 0) is 17.6 Å². The number of amides is 1. The van der Waals surface area contributed by atoms with Gasteiger partial charge in [0.1, 0.15) is 5.75 Å². The zero-order chi connectivity index (χ0) is 13.2. The molecule has 0 radical (unpaired) electrons. The molecule has 0 spiro atoms. The van der Waals surface area contributed by atoms with Crippen molar-refractivity contribution >= 4 is 5.91 Å². The standard InChI is InChI=1S/C15H20N2O2/c1-11-10-17(6-5-16-11)15(18)9-12-2-3-14-13(8-12)4-7-19-14/h2-3,8,11,16H,4-7,9-10H2,1H3. The molecule has 3 rings (SSSR count). The molecule has 2 aliphatic heterocycles. The lowest BCUT2D eigenvalue weighted by Gasteiger charge is -2.32. The fourth-order valence-electron chi connectivity index (χ4n) is 2.80. The summed E-state index contributed by atoms with van der Waals surface area (Å²) in [5.41, 5.74) is 2.33. The smallest absolute Gasteiger partial charge is 0.227 e. The maximum atomic E-state index is 12.3. The molecule has 4 nitrogen and oxygen atoms in total. The Labute approximate surface area is 113 Å². The van der Waals surface area contributed by atoms with Gasteiger partial charge in [-0.15, -0.1) is 0 Å². The van der Waals surface area contributed by atoms with Gasteiger partial charge in [0, 0.05) is 32.1 Å². The van der Waals surface area contributed by atoms with Gasteiger partial charge in [-0.1, -0.05) is 12.1 Å². The molecule has 1 atom stereocenters.